The normalized spacial score (nSPS) is 12.3. The highest BCUT2D eigenvalue weighted by Crippen LogP contribution is 2.26. The number of H-pyrrole nitrogens is 1. The standard InChI is InChI=1S/C11H14N2O2/c1-6-5-7(14)8-9(11(2,3)4)13-15-10(8)12-6/h5H,1-4H3,(H,12,14). The van der Waals surface area contributed by atoms with Crippen LogP contribution in [0.2, 0.25) is 0 Å². The van der Waals surface area contributed by atoms with Crippen LogP contribution in [0.4, 0.5) is 0 Å². The Labute approximate surface area is 87.3 Å². The molecule has 0 saturated heterocycles. The molecule has 0 fully saturated rings. The highest BCUT2D eigenvalue weighted by molar-refractivity contribution is 5.76. The van der Waals surface area contributed by atoms with E-state index in [1.807, 2.05) is 27.7 Å². The summed E-state index contributed by atoms with van der Waals surface area (Å²) in [6.07, 6.45) is 0. The van der Waals surface area contributed by atoms with Crippen molar-refractivity contribution in [3.05, 3.63) is 27.7 Å². The monoisotopic (exact) mass is 206 g/mol. The quantitative estimate of drug-likeness (QED) is 0.718. The van der Waals surface area contributed by atoms with Crippen LogP contribution < -0.4 is 5.43 Å². The van der Waals surface area contributed by atoms with Gasteiger partial charge >= 0.3 is 0 Å². The minimum Gasteiger partial charge on any atom is -0.337 e. The molecule has 0 atom stereocenters. The number of aromatic nitrogens is 2. The third-order valence-corrected chi connectivity index (χ3v) is 2.31. The fourth-order valence-electron chi connectivity index (χ4n) is 1.60. The van der Waals surface area contributed by atoms with Crippen molar-refractivity contribution in [1.29, 1.82) is 0 Å². The Balaban J connectivity index is 2.87. The van der Waals surface area contributed by atoms with Gasteiger partial charge in [-0.2, -0.15) is 0 Å². The molecule has 2 aromatic heterocycles. The van der Waals surface area contributed by atoms with Crippen molar-refractivity contribution < 1.29 is 4.52 Å². The lowest BCUT2D eigenvalue weighted by Gasteiger charge is -2.13. The molecule has 2 aromatic rings. The molecule has 1 N–H and O–H groups in total. The number of aromatic amines is 1. The fourth-order valence-corrected chi connectivity index (χ4v) is 1.60. The van der Waals surface area contributed by atoms with Crippen LogP contribution in [0.5, 0.6) is 0 Å². The zero-order valence-corrected chi connectivity index (χ0v) is 9.34. The zero-order valence-electron chi connectivity index (χ0n) is 9.34. The van der Waals surface area contributed by atoms with Crippen LogP contribution >= 0.6 is 0 Å². The molecule has 0 spiro atoms. The average molecular weight is 206 g/mol. The molecule has 0 aliphatic heterocycles. The van der Waals surface area contributed by atoms with Crippen molar-refractivity contribution in [3.8, 4) is 0 Å². The lowest BCUT2D eigenvalue weighted by Crippen LogP contribution is -2.15. The molecule has 4 heteroatoms. The summed E-state index contributed by atoms with van der Waals surface area (Å²) in [5, 5.41) is 4.53. The van der Waals surface area contributed by atoms with Crippen molar-refractivity contribution >= 4 is 11.1 Å². The van der Waals surface area contributed by atoms with Gasteiger partial charge < -0.3 is 9.51 Å². The average Bonchev–Trinajstić information content (AvgIpc) is 2.45. The smallest absolute Gasteiger partial charge is 0.240 e. The summed E-state index contributed by atoms with van der Waals surface area (Å²) in [6, 6.07) is 1.56. The van der Waals surface area contributed by atoms with Crippen LogP contribution in [-0.2, 0) is 5.41 Å². The first kappa shape index (κ1) is 9.96. The molecule has 0 aromatic carbocycles. The van der Waals surface area contributed by atoms with E-state index in [-0.39, 0.29) is 10.8 Å². The van der Waals surface area contributed by atoms with Crippen molar-refractivity contribution in [2.75, 3.05) is 0 Å². The minimum absolute atomic E-state index is 0.0348. The van der Waals surface area contributed by atoms with Crippen LogP contribution in [0.1, 0.15) is 32.2 Å². The topological polar surface area (TPSA) is 58.9 Å². The van der Waals surface area contributed by atoms with E-state index in [0.717, 1.165) is 5.69 Å². The molecule has 0 amide bonds. The van der Waals surface area contributed by atoms with Crippen LogP contribution in [0.15, 0.2) is 15.4 Å². The Hall–Kier alpha value is -1.58. The predicted molar refractivity (Wildman–Crippen MR) is 58.1 cm³/mol. The number of aryl methyl sites for hydroxylation is 1. The Bertz CT molecular complexity index is 558. The third kappa shape index (κ3) is 1.56. The van der Waals surface area contributed by atoms with E-state index in [1.54, 1.807) is 6.07 Å². The second-order valence-corrected chi connectivity index (χ2v) is 4.80. The molecular formula is C11H14N2O2. The van der Waals surface area contributed by atoms with Crippen molar-refractivity contribution in [1.82, 2.24) is 10.1 Å². The van der Waals surface area contributed by atoms with Gasteiger partial charge in [-0.15, -0.1) is 0 Å². The number of nitrogens with zero attached hydrogens (tertiary/aromatic N) is 1. The van der Waals surface area contributed by atoms with E-state index in [2.05, 4.69) is 10.1 Å². The summed E-state index contributed by atoms with van der Waals surface area (Å²) < 4.78 is 5.13. The van der Waals surface area contributed by atoms with E-state index in [9.17, 15) is 4.79 Å². The zero-order chi connectivity index (χ0) is 11.2. The van der Waals surface area contributed by atoms with Gasteiger partial charge in [-0.3, -0.25) is 4.79 Å². The van der Waals surface area contributed by atoms with Crippen LogP contribution in [0.3, 0.4) is 0 Å². The summed E-state index contributed by atoms with van der Waals surface area (Å²) in [6.45, 7) is 7.83. The van der Waals surface area contributed by atoms with Crippen molar-refractivity contribution in [2.24, 2.45) is 0 Å². The summed E-state index contributed by atoms with van der Waals surface area (Å²) in [7, 11) is 0. The Morgan fingerprint density at radius 1 is 1.40 bits per heavy atom. The fraction of sp³-hybridized carbons (Fsp3) is 0.455. The third-order valence-electron chi connectivity index (χ3n) is 2.31. The summed E-state index contributed by atoms with van der Waals surface area (Å²) in [5.41, 5.74) is 1.73. The summed E-state index contributed by atoms with van der Waals surface area (Å²) >= 11 is 0. The molecule has 2 heterocycles. The predicted octanol–water partition coefficient (Wildman–Crippen LogP) is 2.12. The number of nitrogens with one attached hydrogen (secondary N) is 1. The maximum absolute atomic E-state index is 11.8. The Morgan fingerprint density at radius 2 is 2.07 bits per heavy atom. The molecule has 0 saturated carbocycles. The number of rotatable bonds is 0. The summed E-state index contributed by atoms with van der Waals surface area (Å²) in [5.74, 6) is 0. The highest BCUT2D eigenvalue weighted by Gasteiger charge is 2.24. The second kappa shape index (κ2) is 2.95. The van der Waals surface area contributed by atoms with Crippen molar-refractivity contribution in [2.45, 2.75) is 33.1 Å². The van der Waals surface area contributed by atoms with Crippen LogP contribution in [0, 0.1) is 6.92 Å². The molecule has 0 bridgehead atoms. The molecule has 15 heavy (non-hydrogen) atoms. The van der Waals surface area contributed by atoms with E-state index in [1.165, 1.54) is 0 Å². The first-order valence-corrected chi connectivity index (χ1v) is 4.89. The summed E-state index contributed by atoms with van der Waals surface area (Å²) in [4.78, 5) is 14.8. The largest absolute Gasteiger partial charge is 0.337 e. The molecule has 0 aliphatic carbocycles. The minimum atomic E-state index is -0.187. The number of pyridine rings is 1. The molecule has 4 nitrogen and oxygen atoms in total. The molecule has 80 valence electrons. The van der Waals surface area contributed by atoms with Gasteiger partial charge in [0.1, 0.15) is 11.1 Å². The maximum atomic E-state index is 11.8. The van der Waals surface area contributed by atoms with Gasteiger partial charge in [0.15, 0.2) is 5.43 Å². The molecule has 0 unspecified atom stereocenters. The Morgan fingerprint density at radius 3 is 2.67 bits per heavy atom. The van der Waals surface area contributed by atoms with E-state index >= 15 is 0 Å². The maximum Gasteiger partial charge on any atom is 0.240 e. The lowest BCUT2D eigenvalue weighted by atomic mass is 9.90. The van der Waals surface area contributed by atoms with E-state index in [0.29, 0.717) is 16.8 Å². The molecule has 2 rings (SSSR count). The van der Waals surface area contributed by atoms with Gasteiger partial charge in [-0.05, 0) is 6.92 Å². The van der Waals surface area contributed by atoms with E-state index < -0.39 is 0 Å². The number of fused-ring (bicyclic) bond motifs is 1. The van der Waals surface area contributed by atoms with Gasteiger partial charge in [0, 0.05) is 17.2 Å². The number of hydrogen-bond acceptors (Lipinski definition) is 3. The van der Waals surface area contributed by atoms with Crippen LogP contribution in [0.25, 0.3) is 11.1 Å². The van der Waals surface area contributed by atoms with Gasteiger partial charge in [-0.1, -0.05) is 25.9 Å². The van der Waals surface area contributed by atoms with Gasteiger partial charge in [0.05, 0.1) is 0 Å². The van der Waals surface area contributed by atoms with Gasteiger partial charge in [0.25, 0.3) is 0 Å². The SMILES string of the molecule is Cc1cc(=O)c2c(C(C)(C)C)noc2[nH]1. The first-order chi connectivity index (χ1) is 6.89. The first-order valence-electron chi connectivity index (χ1n) is 4.89. The Kier molecular flexibility index (Phi) is 1.96. The molecule has 0 radical (unpaired) electrons. The van der Waals surface area contributed by atoms with Crippen molar-refractivity contribution in [3.63, 3.8) is 0 Å². The second-order valence-electron chi connectivity index (χ2n) is 4.80. The lowest BCUT2D eigenvalue weighted by molar-refractivity contribution is 0.414. The molecule has 0 aliphatic rings. The van der Waals surface area contributed by atoms with Gasteiger partial charge in [-0.25, -0.2) is 0 Å². The molecular weight excluding hydrogens is 192 g/mol. The van der Waals surface area contributed by atoms with Gasteiger partial charge in [0.2, 0.25) is 5.71 Å². The number of hydrogen-bond donors (Lipinski definition) is 1. The van der Waals surface area contributed by atoms with Crippen LogP contribution in [-0.4, -0.2) is 10.1 Å². The van der Waals surface area contributed by atoms with E-state index in [4.69, 9.17) is 4.52 Å². The highest BCUT2D eigenvalue weighted by atomic mass is 16.5.